The van der Waals surface area contributed by atoms with Crippen molar-refractivity contribution in [2.45, 2.75) is 6.04 Å². The van der Waals surface area contributed by atoms with E-state index in [1.165, 1.54) is 18.2 Å². The molecule has 2 aromatic carbocycles. The maximum absolute atomic E-state index is 13.3. The van der Waals surface area contributed by atoms with E-state index >= 15 is 0 Å². The van der Waals surface area contributed by atoms with E-state index in [1.807, 2.05) is 30.3 Å². The van der Waals surface area contributed by atoms with Gasteiger partial charge in [-0.15, -0.1) is 0 Å². The first kappa shape index (κ1) is 21.7. The summed E-state index contributed by atoms with van der Waals surface area (Å²) in [6, 6.07) is 15.7. The van der Waals surface area contributed by atoms with Crippen LogP contribution in [0.4, 0.5) is 4.39 Å². The number of morpholine rings is 1. The summed E-state index contributed by atoms with van der Waals surface area (Å²) in [6.45, 7) is 2.96. The highest BCUT2D eigenvalue weighted by Crippen LogP contribution is 2.21. The number of amides is 2. The van der Waals surface area contributed by atoms with Crippen LogP contribution in [0.15, 0.2) is 60.7 Å². The average Bonchev–Trinajstić information content (AvgIpc) is 2.79. The number of ether oxygens (including phenoxy) is 1. The Morgan fingerprint density at radius 3 is 2.43 bits per heavy atom. The molecule has 0 spiro atoms. The molecular formula is C23H26FN3O3. The molecule has 30 heavy (non-hydrogen) atoms. The third-order valence-corrected chi connectivity index (χ3v) is 4.88. The van der Waals surface area contributed by atoms with Crippen LogP contribution in [0.5, 0.6) is 0 Å². The highest BCUT2D eigenvalue weighted by atomic mass is 19.1. The highest BCUT2D eigenvalue weighted by Gasteiger charge is 2.23. The van der Waals surface area contributed by atoms with Crippen molar-refractivity contribution in [3.63, 3.8) is 0 Å². The summed E-state index contributed by atoms with van der Waals surface area (Å²) in [5, 5.41) is 5.45. The van der Waals surface area contributed by atoms with E-state index in [0.717, 1.165) is 24.2 Å². The lowest BCUT2D eigenvalue weighted by molar-refractivity contribution is -0.124. The van der Waals surface area contributed by atoms with Crippen molar-refractivity contribution in [3.8, 4) is 0 Å². The zero-order chi connectivity index (χ0) is 21.2. The first-order valence-corrected chi connectivity index (χ1v) is 9.97. The summed E-state index contributed by atoms with van der Waals surface area (Å²) in [6.07, 6.45) is 3.09. The number of halogens is 1. The Balaban J connectivity index is 1.50. The topological polar surface area (TPSA) is 70.7 Å². The number of benzene rings is 2. The van der Waals surface area contributed by atoms with Gasteiger partial charge in [0.1, 0.15) is 5.82 Å². The molecule has 1 aliphatic rings. The molecule has 3 rings (SSSR count). The van der Waals surface area contributed by atoms with E-state index in [-0.39, 0.29) is 30.2 Å². The Morgan fingerprint density at radius 2 is 1.73 bits per heavy atom. The van der Waals surface area contributed by atoms with Crippen LogP contribution in [-0.4, -0.2) is 56.1 Å². The van der Waals surface area contributed by atoms with Crippen LogP contribution in [0.3, 0.4) is 0 Å². The molecule has 6 nitrogen and oxygen atoms in total. The second kappa shape index (κ2) is 11.2. The van der Waals surface area contributed by atoms with Crippen LogP contribution in [0, 0.1) is 5.82 Å². The largest absolute Gasteiger partial charge is 0.379 e. The van der Waals surface area contributed by atoms with E-state index < -0.39 is 0 Å². The fourth-order valence-corrected chi connectivity index (χ4v) is 3.27. The van der Waals surface area contributed by atoms with Gasteiger partial charge in [-0.2, -0.15) is 0 Å². The second-order valence-corrected chi connectivity index (χ2v) is 6.98. The van der Waals surface area contributed by atoms with Crippen molar-refractivity contribution in [3.05, 3.63) is 77.6 Å². The lowest BCUT2D eigenvalue weighted by atomic mass is 10.0. The van der Waals surface area contributed by atoms with Gasteiger partial charge in [-0.05, 0) is 29.3 Å². The Kier molecular flexibility index (Phi) is 8.11. The van der Waals surface area contributed by atoms with Crippen molar-refractivity contribution in [2.24, 2.45) is 0 Å². The minimum atomic E-state index is -0.336. The zero-order valence-electron chi connectivity index (χ0n) is 16.7. The third-order valence-electron chi connectivity index (χ3n) is 4.88. The summed E-state index contributed by atoms with van der Waals surface area (Å²) >= 11 is 0. The molecule has 2 amide bonds. The number of rotatable bonds is 8. The molecule has 0 aromatic heterocycles. The van der Waals surface area contributed by atoms with Crippen LogP contribution < -0.4 is 10.6 Å². The van der Waals surface area contributed by atoms with Crippen LogP contribution in [0.25, 0.3) is 6.08 Å². The van der Waals surface area contributed by atoms with Gasteiger partial charge in [0.05, 0.1) is 25.8 Å². The minimum Gasteiger partial charge on any atom is -0.379 e. The quantitative estimate of drug-likeness (QED) is 0.653. The second-order valence-electron chi connectivity index (χ2n) is 6.98. The molecule has 0 unspecified atom stereocenters. The van der Waals surface area contributed by atoms with Crippen molar-refractivity contribution >= 4 is 17.9 Å². The Morgan fingerprint density at radius 1 is 1.03 bits per heavy atom. The summed E-state index contributed by atoms with van der Waals surface area (Å²) in [7, 11) is 0. The smallest absolute Gasteiger partial charge is 0.244 e. The predicted molar refractivity (Wildman–Crippen MR) is 113 cm³/mol. The molecule has 0 radical (unpaired) electrons. The molecule has 7 heteroatoms. The number of hydrogen-bond donors (Lipinski definition) is 2. The van der Waals surface area contributed by atoms with E-state index in [9.17, 15) is 14.0 Å². The molecule has 2 N–H and O–H groups in total. The van der Waals surface area contributed by atoms with Gasteiger partial charge >= 0.3 is 0 Å². The van der Waals surface area contributed by atoms with Crippen LogP contribution >= 0.6 is 0 Å². The van der Waals surface area contributed by atoms with Crippen molar-refractivity contribution in [1.29, 1.82) is 0 Å². The SMILES string of the molecule is O=C(/C=C/c1ccccc1)NCC(=O)NC[C@H](c1ccc(F)cc1)N1CCOCC1. The average molecular weight is 411 g/mol. The van der Waals surface area contributed by atoms with Gasteiger partial charge in [-0.3, -0.25) is 14.5 Å². The van der Waals surface area contributed by atoms with Gasteiger partial charge in [-0.1, -0.05) is 42.5 Å². The first-order valence-electron chi connectivity index (χ1n) is 9.97. The van der Waals surface area contributed by atoms with Gasteiger partial charge in [0.2, 0.25) is 11.8 Å². The van der Waals surface area contributed by atoms with Gasteiger partial charge in [0.25, 0.3) is 0 Å². The molecule has 2 aromatic rings. The maximum Gasteiger partial charge on any atom is 0.244 e. The Hall–Kier alpha value is -3.03. The maximum atomic E-state index is 13.3. The predicted octanol–water partition coefficient (Wildman–Crippen LogP) is 2.14. The third kappa shape index (κ3) is 6.79. The van der Waals surface area contributed by atoms with Crippen molar-refractivity contribution in [1.82, 2.24) is 15.5 Å². The molecule has 1 saturated heterocycles. The van der Waals surface area contributed by atoms with Crippen LogP contribution in [0.2, 0.25) is 0 Å². The van der Waals surface area contributed by atoms with Gasteiger partial charge in [0.15, 0.2) is 0 Å². The van der Waals surface area contributed by atoms with E-state index in [4.69, 9.17) is 4.74 Å². The zero-order valence-corrected chi connectivity index (χ0v) is 16.7. The number of nitrogens with one attached hydrogen (secondary N) is 2. The van der Waals surface area contributed by atoms with Gasteiger partial charge in [0, 0.05) is 25.7 Å². The minimum absolute atomic E-state index is 0.0906. The molecule has 0 bridgehead atoms. The van der Waals surface area contributed by atoms with Crippen LogP contribution in [0.1, 0.15) is 17.2 Å². The number of nitrogens with zero attached hydrogens (tertiary/aromatic N) is 1. The van der Waals surface area contributed by atoms with Gasteiger partial charge in [-0.25, -0.2) is 4.39 Å². The molecule has 1 aliphatic heterocycles. The Bertz CT molecular complexity index is 850. The van der Waals surface area contributed by atoms with Crippen LogP contribution in [-0.2, 0) is 14.3 Å². The number of carbonyl (C=O) groups is 2. The van der Waals surface area contributed by atoms with Gasteiger partial charge < -0.3 is 15.4 Å². The lowest BCUT2D eigenvalue weighted by Gasteiger charge is -2.35. The fourth-order valence-electron chi connectivity index (χ4n) is 3.27. The van der Waals surface area contributed by atoms with Crippen molar-refractivity contribution in [2.75, 3.05) is 39.4 Å². The van der Waals surface area contributed by atoms with E-state index in [1.54, 1.807) is 18.2 Å². The molecule has 0 saturated carbocycles. The standard InChI is InChI=1S/C23H26FN3O3/c24-20-9-7-19(8-10-20)21(27-12-14-30-15-13-27)16-25-23(29)17-26-22(28)11-6-18-4-2-1-3-5-18/h1-11,21H,12-17H2,(H,25,29)(H,26,28)/b11-6+/t21-/m1/s1. The molecule has 0 aliphatic carbocycles. The van der Waals surface area contributed by atoms with Crippen molar-refractivity contribution < 1.29 is 18.7 Å². The summed E-state index contributed by atoms with van der Waals surface area (Å²) in [4.78, 5) is 26.4. The summed E-state index contributed by atoms with van der Waals surface area (Å²) in [5.74, 6) is -0.913. The van der Waals surface area contributed by atoms with E-state index in [0.29, 0.717) is 19.8 Å². The number of carbonyl (C=O) groups excluding carboxylic acids is 2. The fraction of sp³-hybridized carbons (Fsp3) is 0.304. The Labute approximate surface area is 175 Å². The molecular weight excluding hydrogens is 385 g/mol. The molecule has 1 fully saturated rings. The molecule has 1 heterocycles. The van der Waals surface area contributed by atoms with E-state index in [2.05, 4.69) is 15.5 Å². The lowest BCUT2D eigenvalue weighted by Crippen LogP contribution is -2.45. The normalized spacial score (nSPS) is 15.6. The number of hydrogen-bond acceptors (Lipinski definition) is 4. The summed E-state index contributed by atoms with van der Waals surface area (Å²) in [5.41, 5.74) is 1.83. The highest BCUT2D eigenvalue weighted by molar-refractivity contribution is 5.94. The molecule has 158 valence electrons. The molecule has 1 atom stereocenters. The monoisotopic (exact) mass is 411 g/mol. The summed E-state index contributed by atoms with van der Waals surface area (Å²) < 4.78 is 18.7. The first-order chi connectivity index (χ1) is 14.6.